The van der Waals surface area contributed by atoms with Crippen molar-refractivity contribution >= 4 is 21.8 Å². The number of nitrogens with zero attached hydrogens (tertiary/aromatic N) is 3. The molecule has 0 amide bonds. The zero-order valence-electron chi connectivity index (χ0n) is 32.9. The molecule has 10 aromatic rings. The first-order valence-electron chi connectivity index (χ1n) is 20.6. The third kappa shape index (κ3) is 6.06. The number of hydrogen-bond acceptors (Lipinski definition) is 2. The lowest BCUT2D eigenvalue weighted by Crippen LogP contribution is -2.06. The lowest BCUT2D eigenvalue weighted by molar-refractivity contribution is 0.701. The van der Waals surface area contributed by atoms with Crippen molar-refractivity contribution in [2.45, 2.75) is 25.7 Å². The molecule has 280 valence electrons. The molecule has 0 saturated heterocycles. The summed E-state index contributed by atoms with van der Waals surface area (Å²) < 4.78 is 2.41. The second-order valence-corrected chi connectivity index (χ2v) is 15.6. The van der Waals surface area contributed by atoms with E-state index in [1.54, 1.807) is 0 Å². The van der Waals surface area contributed by atoms with Crippen molar-refractivity contribution < 1.29 is 0 Å². The summed E-state index contributed by atoms with van der Waals surface area (Å²) in [6.07, 6.45) is 1.68. The number of fused-ring (bicyclic) bond motifs is 6. The third-order valence-corrected chi connectivity index (χ3v) is 12.2. The molecule has 59 heavy (non-hydrogen) atoms. The minimum atomic E-state index is 0.293. The Labute approximate surface area is 345 Å². The molecule has 0 N–H and O–H groups in total. The monoisotopic (exact) mass is 755 g/mol. The average molecular weight is 756 g/mol. The van der Waals surface area contributed by atoms with Crippen LogP contribution in [0, 0.1) is 6.92 Å². The molecule has 0 unspecified atom stereocenters. The van der Waals surface area contributed by atoms with Crippen LogP contribution >= 0.6 is 0 Å². The molecule has 0 saturated carbocycles. The quantitative estimate of drug-likeness (QED) is 0.155. The Kier molecular flexibility index (Phi) is 8.59. The first-order chi connectivity index (χ1) is 29.2. The molecule has 0 aliphatic heterocycles. The molecular formula is C56H41N3. The van der Waals surface area contributed by atoms with Gasteiger partial charge in [0.05, 0.1) is 28.1 Å². The molecule has 0 bridgehead atoms. The van der Waals surface area contributed by atoms with E-state index in [1.807, 2.05) is 0 Å². The van der Waals surface area contributed by atoms with Gasteiger partial charge in [-0.1, -0.05) is 170 Å². The van der Waals surface area contributed by atoms with Gasteiger partial charge in [0.2, 0.25) is 0 Å². The van der Waals surface area contributed by atoms with Gasteiger partial charge < -0.3 is 4.57 Å². The van der Waals surface area contributed by atoms with Gasteiger partial charge >= 0.3 is 0 Å². The van der Waals surface area contributed by atoms with Crippen molar-refractivity contribution in [3.63, 3.8) is 0 Å². The molecule has 2 heterocycles. The number of hydrogen-bond donors (Lipinski definition) is 0. The predicted octanol–water partition coefficient (Wildman–Crippen LogP) is 14.3. The van der Waals surface area contributed by atoms with Crippen LogP contribution in [-0.2, 0) is 6.42 Å². The van der Waals surface area contributed by atoms with Crippen molar-refractivity contribution in [1.29, 1.82) is 0 Å². The van der Waals surface area contributed by atoms with E-state index in [2.05, 4.69) is 212 Å². The van der Waals surface area contributed by atoms with Crippen LogP contribution in [-0.4, -0.2) is 14.5 Å². The first-order valence-corrected chi connectivity index (χ1v) is 20.6. The molecule has 0 spiro atoms. The van der Waals surface area contributed by atoms with E-state index in [-0.39, 0.29) is 0 Å². The first kappa shape index (κ1) is 34.9. The molecule has 11 rings (SSSR count). The highest BCUT2D eigenvalue weighted by atomic mass is 15.0. The zero-order chi connectivity index (χ0) is 39.3. The van der Waals surface area contributed by atoms with Gasteiger partial charge in [-0.3, -0.25) is 0 Å². The summed E-state index contributed by atoms with van der Waals surface area (Å²) >= 11 is 0. The van der Waals surface area contributed by atoms with Gasteiger partial charge in [0.15, 0.2) is 0 Å². The zero-order valence-corrected chi connectivity index (χ0v) is 32.9. The van der Waals surface area contributed by atoms with Crippen molar-refractivity contribution in [1.82, 2.24) is 14.5 Å². The van der Waals surface area contributed by atoms with E-state index in [1.165, 1.54) is 60.8 Å². The second kappa shape index (κ2) is 14.5. The van der Waals surface area contributed by atoms with Crippen molar-refractivity contribution in [3.05, 3.63) is 223 Å². The minimum absolute atomic E-state index is 0.293. The van der Waals surface area contributed by atoms with Crippen LogP contribution in [0.25, 0.3) is 83.4 Å². The van der Waals surface area contributed by atoms with Gasteiger partial charge in [-0.05, 0) is 82.6 Å². The normalized spacial score (nSPS) is 12.2. The summed E-state index contributed by atoms with van der Waals surface area (Å²) in [6.45, 7) is 2.19. The predicted molar refractivity (Wildman–Crippen MR) is 245 cm³/mol. The molecule has 8 aromatic carbocycles. The van der Waals surface area contributed by atoms with E-state index in [0.717, 1.165) is 58.0 Å². The van der Waals surface area contributed by atoms with Gasteiger partial charge in [0, 0.05) is 45.4 Å². The Balaban J connectivity index is 1.04. The molecule has 0 atom stereocenters. The van der Waals surface area contributed by atoms with Gasteiger partial charge in [-0.25, -0.2) is 9.97 Å². The molecule has 2 aromatic heterocycles. The van der Waals surface area contributed by atoms with Crippen LogP contribution < -0.4 is 0 Å². The Morgan fingerprint density at radius 1 is 0.424 bits per heavy atom. The van der Waals surface area contributed by atoms with E-state index >= 15 is 0 Å². The summed E-state index contributed by atoms with van der Waals surface area (Å²) in [5.74, 6) is 1.16. The number of para-hydroxylation sites is 3. The SMILES string of the molecule is Cc1c(-c2cccc(-c3ccccc3)c2)nc(CCC2c3ccccc3-c3ccccc32)nc1-c1cccc(-c2ccccc2-n2c3ccccc3c3ccccc32)c1. The number of rotatable bonds is 8. The summed E-state index contributed by atoms with van der Waals surface area (Å²) in [5, 5.41) is 2.51. The Bertz CT molecular complexity index is 3090. The average Bonchev–Trinajstić information content (AvgIpc) is 3.81. The van der Waals surface area contributed by atoms with Gasteiger partial charge in [0.1, 0.15) is 5.82 Å². The second-order valence-electron chi connectivity index (χ2n) is 15.6. The maximum Gasteiger partial charge on any atom is 0.129 e. The highest BCUT2D eigenvalue weighted by Crippen LogP contribution is 2.47. The Morgan fingerprint density at radius 2 is 0.898 bits per heavy atom. The largest absolute Gasteiger partial charge is 0.309 e. The van der Waals surface area contributed by atoms with Crippen molar-refractivity contribution in [3.8, 4) is 61.6 Å². The molecule has 3 heteroatoms. The third-order valence-electron chi connectivity index (χ3n) is 12.2. The summed E-state index contributed by atoms with van der Waals surface area (Å²) in [7, 11) is 0. The summed E-state index contributed by atoms with van der Waals surface area (Å²) in [4.78, 5) is 10.9. The van der Waals surface area contributed by atoms with E-state index in [4.69, 9.17) is 9.97 Å². The number of aromatic nitrogens is 3. The lowest BCUT2D eigenvalue weighted by atomic mass is 9.91. The van der Waals surface area contributed by atoms with Gasteiger partial charge in [-0.2, -0.15) is 0 Å². The van der Waals surface area contributed by atoms with Gasteiger partial charge in [0.25, 0.3) is 0 Å². The molecule has 3 nitrogen and oxygen atoms in total. The fraction of sp³-hybridized carbons (Fsp3) is 0.0714. The molecule has 1 aliphatic carbocycles. The fourth-order valence-corrected chi connectivity index (χ4v) is 9.49. The van der Waals surface area contributed by atoms with Crippen molar-refractivity contribution in [2.24, 2.45) is 0 Å². The molecule has 1 aliphatic rings. The Hall–Kier alpha value is -7.36. The van der Waals surface area contributed by atoms with Crippen LogP contribution in [0.4, 0.5) is 0 Å². The maximum atomic E-state index is 5.45. The minimum Gasteiger partial charge on any atom is -0.309 e. The highest BCUT2D eigenvalue weighted by Gasteiger charge is 2.28. The van der Waals surface area contributed by atoms with Crippen LogP contribution in [0.2, 0.25) is 0 Å². The maximum absolute atomic E-state index is 5.45. The lowest BCUT2D eigenvalue weighted by Gasteiger charge is -2.18. The van der Waals surface area contributed by atoms with Gasteiger partial charge in [-0.15, -0.1) is 0 Å². The van der Waals surface area contributed by atoms with E-state index < -0.39 is 0 Å². The molecule has 0 radical (unpaired) electrons. The standard InChI is InChI=1S/C56H41N3/c1-37-55(41-21-15-19-39(35-41)38-17-3-2-4-18-38)57-54(34-33-48-46-26-7-5-24-44(46)45-25-6-8-27-47(45)48)58-56(37)42-22-16-20-40(36-42)43-23-9-12-30-51(43)59-52-31-13-10-28-49(52)50-29-11-14-32-53(50)59/h2-32,35-36,48H,33-34H2,1H3. The molecule has 0 fully saturated rings. The smallest absolute Gasteiger partial charge is 0.129 e. The van der Waals surface area contributed by atoms with E-state index in [0.29, 0.717) is 5.92 Å². The van der Waals surface area contributed by atoms with Crippen LogP contribution in [0.1, 0.15) is 34.9 Å². The number of benzene rings is 8. The summed E-state index contributed by atoms with van der Waals surface area (Å²) in [5.41, 5.74) is 18.9. The number of aryl methyl sites for hydroxylation is 1. The van der Waals surface area contributed by atoms with Crippen LogP contribution in [0.15, 0.2) is 200 Å². The van der Waals surface area contributed by atoms with Crippen molar-refractivity contribution in [2.75, 3.05) is 0 Å². The topological polar surface area (TPSA) is 30.7 Å². The Morgan fingerprint density at radius 3 is 1.54 bits per heavy atom. The van der Waals surface area contributed by atoms with Crippen LogP contribution in [0.3, 0.4) is 0 Å². The van der Waals surface area contributed by atoms with Crippen LogP contribution in [0.5, 0.6) is 0 Å². The molecular weight excluding hydrogens is 715 g/mol. The fourth-order valence-electron chi connectivity index (χ4n) is 9.49. The highest BCUT2D eigenvalue weighted by molar-refractivity contribution is 6.09. The summed E-state index contributed by atoms with van der Waals surface area (Å²) in [6, 6.07) is 72.3. The van der Waals surface area contributed by atoms with E-state index in [9.17, 15) is 0 Å².